The zero-order valence-electron chi connectivity index (χ0n) is 16.0. The molecule has 0 unspecified atom stereocenters. The summed E-state index contributed by atoms with van der Waals surface area (Å²) in [5, 5.41) is 0. The summed E-state index contributed by atoms with van der Waals surface area (Å²) < 4.78 is 0. The van der Waals surface area contributed by atoms with Crippen molar-refractivity contribution < 1.29 is 0 Å². The molecule has 2 aromatic carbocycles. The van der Waals surface area contributed by atoms with Gasteiger partial charge in [-0.2, -0.15) is 0 Å². The van der Waals surface area contributed by atoms with Gasteiger partial charge in [0.05, 0.1) is 0 Å². The minimum atomic E-state index is -0.230. The molecular formula is C22H28N4. The van der Waals surface area contributed by atoms with Crippen LogP contribution in [-0.2, 0) is 5.41 Å². The predicted molar refractivity (Wildman–Crippen MR) is 111 cm³/mol. The summed E-state index contributed by atoms with van der Waals surface area (Å²) in [5.74, 6) is 5.74. The average molecular weight is 348 g/mol. The summed E-state index contributed by atoms with van der Waals surface area (Å²) in [6, 6.07) is 17.6. The maximum absolute atomic E-state index is 5.74. The Labute approximate surface area is 156 Å². The van der Waals surface area contributed by atoms with E-state index in [4.69, 9.17) is 5.84 Å². The van der Waals surface area contributed by atoms with Gasteiger partial charge in [-0.1, -0.05) is 36.4 Å². The highest BCUT2D eigenvalue weighted by Crippen LogP contribution is 2.42. The Morgan fingerprint density at radius 3 is 1.65 bits per heavy atom. The summed E-state index contributed by atoms with van der Waals surface area (Å²) in [7, 11) is 8.24. The number of hydrogen-bond donors (Lipinski definition) is 2. The molecule has 0 aromatic heterocycles. The van der Waals surface area contributed by atoms with Crippen LogP contribution in [0, 0.1) is 0 Å². The molecule has 0 aliphatic heterocycles. The SMILES string of the molecule is CN(C)c1ccc(C2(c3ccc(N(C)C)cc3)C=CC=C(NN)C2)cc1. The van der Waals surface area contributed by atoms with Crippen molar-refractivity contribution in [2.75, 3.05) is 38.0 Å². The van der Waals surface area contributed by atoms with E-state index in [1.165, 1.54) is 22.5 Å². The second-order valence-electron chi connectivity index (χ2n) is 7.23. The molecule has 0 amide bonds. The molecule has 2 aromatic rings. The number of nitrogens with two attached hydrogens (primary N) is 1. The number of benzene rings is 2. The normalized spacial score (nSPS) is 15.3. The maximum Gasteiger partial charge on any atom is 0.0439 e. The Morgan fingerprint density at radius 2 is 1.27 bits per heavy atom. The molecule has 0 spiro atoms. The lowest BCUT2D eigenvalue weighted by atomic mass is 9.69. The summed E-state index contributed by atoms with van der Waals surface area (Å²) in [6.45, 7) is 0. The van der Waals surface area contributed by atoms with Crippen molar-refractivity contribution >= 4 is 11.4 Å². The van der Waals surface area contributed by atoms with Crippen LogP contribution in [0.5, 0.6) is 0 Å². The fraction of sp³-hybridized carbons (Fsp3) is 0.273. The van der Waals surface area contributed by atoms with Gasteiger partial charge in [-0.25, -0.2) is 0 Å². The summed E-state index contributed by atoms with van der Waals surface area (Å²) in [6.07, 6.45) is 7.23. The van der Waals surface area contributed by atoms with Gasteiger partial charge >= 0.3 is 0 Å². The molecule has 3 rings (SSSR count). The van der Waals surface area contributed by atoms with Crippen LogP contribution in [0.1, 0.15) is 17.5 Å². The van der Waals surface area contributed by atoms with Crippen LogP contribution in [0.15, 0.2) is 72.5 Å². The second-order valence-corrected chi connectivity index (χ2v) is 7.23. The monoisotopic (exact) mass is 348 g/mol. The molecule has 0 saturated heterocycles. The number of nitrogens with one attached hydrogen (secondary N) is 1. The summed E-state index contributed by atoms with van der Waals surface area (Å²) >= 11 is 0. The van der Waals surface area contributed by atoms with Gasteiger partial charge in [-0.05, 0) is 41.5 Å². The standard InChI is InChI=1S/C22H28N4/c1-25(2)20-11-7-17(8-12-20)22(15-5-6-19(16-22)24-23)18-9-13-21(14-10-18)26(3)4/h5-15,24H,16,23H2,1-4H3. The molecule has 136 valence electrons. The smallest absolute Gasteiger partial charge is 0.0439 e. The first-order valence-electron chi connectivity index (χ1n) is 8.87. The minimum Gasteiger partial charge on any atom is -0.378 e. The quantitative estimate of drug-likeness (QED) is 0.642. The number of nitrogens with zero attached hydrogens (tertiary/aromatic N) is 2. The number of rotatable bonds is 5. The fourth-order valence-electron chi connectivity index (χ4n) is 3.52. The topological polar surface area (TPSA) is 44.5 Å². The number of hydrazine groups is 1. The minimum absolute atomic E-state index is 0.230. The largest absolute Gasteiger partial charge is 0.378 e. The van der Waals surface area contributed by atoms with Gasteiger partial charge in [0.15, 0.2) is 0 Å². The molecule has 3 N–H and O–H groups in total. The predicted octanol–water partition coefficient (Wildman–Crippen LogP) is 3.41. The average Bonchev–Trinajstić information content (AvgIpc) is 2.68. The molecule has 0 bridgehead atoms. The molecule has 4 heteroatoms. The van der Waals surface area contributed by atoms with Crippen molar-refractivity contribution in [2.24, 2.45) is 5.84 Å². The number of hydrogen-bond acceptors (Lipinski definition) is 4. The highest BCUT2D eigenvalue weighted by molar-refractivity contribution is 5.56. The molecule has 1 aliphatic carbocycles. The van der Waals surface area contributed by atoms with Crippen molar-refractivity contribution in [3.05, 3.63) is 83.6 Å². The lowest BCUT2D eigenvalue weighted by molar-refractivity contribution is 0.593. The van der Waals surface area contributed by atoms with E-state index in [9.17, 15) is 0 Å². The van der Waals surface area contributed by atoms with Gasteiger partial charge in [0.25, 0.3) is 0 Å². The number of allylic oxidation sites excluding steroid dienone is 4. The first-order valence-corrected chi connectivity index (χ1v) is 8.87. The van der Waals surface area contributed by atoms with Gasteiger partial charge in [-0.15, -0.1) is 0 Å². The Kier molecular flexibility index (Phi) is 5.05. The van der Waals surface area contributed by atoms with Gasteiger partial charge in [0.2, 0.25) is 0 Å². The molecule has 0 radical (unpaired) electrons. The molecule has 0 saturated carbocycles. The lowest BCUT2D eigenvalue weighted by Gasteiger charge is -2.35. The summed E-state index contributed by atoms with van der Waals surface area (Å²) in [4.78, 5) is 4.23. The summed E-state index contributed by atoms with van der Waals surface area (Å²) in [5.41, 5.74) is 8.56. The van der Waals surface area contributed by atoms with Gasteiger partial charge in [-0.3, -0.25) is 5.84 Å². The molecule has 0 fully saturated rings. The molecule has 0 heterocycles. The zero-order chi connectivity index (χ0) is 18.7. The van der Waals surface area contributed by atoms with E-state index in [1.807, 2.05) is 6.08 Å². The first kappa shape index (κ1) is 18.1. The van der Waals surface area contributed by atoms with E-state index in [0.29, 0.717) is 0 Å². The molecule has 4 nitrogen and oxygen atoms in total. The third-order valence-corrected chi connectivity index (χ3v) is 5.13. The van der Waals surface area contributed by atoms with Gasteiger partial charge < -0.3 is 15.2 Å². The van der Waals surface area contributed by atoms with Crippen molar-refractivity contribution in [3.8, 4) is 0 Å². The van der Waals surface area contributed by atoms with Crippen LogP contribution >= 0.6 is 0 Å². The van der Waals surface area contributed by atoms with E-state index in [0.717, 1.165) is 12.1 Å². The lowest BCUT2D eigenvalue weighted by Crippen LogP contribution is -2.33. The zero-order valence-corrected chi connectivity index (χ0v) is 16.0. The highest BCUT2D eigenvalue weighted by Gasteiger charge is 2.34. The van der Waals surface area contributed by atoms with Crippen LogP contribution < -0.4 is 21.1 Å². The van der Waals surface area contributed by atoms with Crippen LogP contribution in [0.2, 0.25) is 0 Å². The fourth-order valence-corrected chi connectivity index (χ4v) is 3.52. The molecular weight excluding hydrogens is 320 g/mol. The Balaban J connectivity index is 2.08. The van der Waals surface area contributed by atoms with Crippen molar-refractivity contribution in [3.63, 3.8) is 0 Å². The van der Waals surface area contributed by atoms with Crippen molar-refractivity contribution in [1.29, 1.82) is 0 Å². The third-order valence-electron chi connectivity index (χ3n) is 5.13. The highest BCUT2D eigenvalue weighted by atomic mass is 15.2. The Bertz CT molecular complexity index is 748. The van der Waals surface area contributed by atoms with E-state index >= 15 is 0 Å². The van der Waals surface area contributed by atoms with Crippen LogP contribution in [0.3, 0.4) is 0 Å². The molecule has 26 heavy (non-hydrogen) atoms. The van der Waals surface area contributed by atoms with Crippen LogP contribution in [-0.4, -0.2) is 28.2 Å². The van der Waals surface area contributed by atoms with Crippen LogP contribution in [0.4, 0.5) is 11.4 Å². The Hall–Kier alpha value is -2.72. The van der Waals surface area contributed by atoms with Crippen molar-refractivity contribution in [1.82, 2.24) is 5.43 Å². The van der Waals surface area contributed by atoms with E-state index in [2.05, 4.69) is 104 Å². The first-order chi connectivity index (χ1) is 12.5. The van der Waals surface area contributed by atoms with E-state index in [1.54, 1.807) is 0 Å². The number of anilines is 2. The third kappa shape index (κ3) is 3.33. The van der Waals surface area contributed by atoms with E-state index < -0.39 is 0 Å². The molecule has 1 aliphatic rings. The van der Waals surface area contributed by atoms with Crippen LogP contribution in [0.25, 0.3) is 0 Å². The van der Waals surface area contributed by atoms with Gasteiger partial charge in [0.1, 0.15) is 0 Å². The molecule has 0 atom stereocenters. The van der Waals surface area contributed by atoms with Crippen molar-refractivity contribution in [2.45, 2.75) is 11.8 Å². The van der Waals surface area contributed by atoms with Gasteiger partial charge in [0, 0.05) is 57.1 Å². The van der Waals surface area contributed by atoms with E-state index in [-0.39, 0.29) is 5.41 Å². The Morgan fingerprint density at radius 1 is 0.808 bits per heavy atom. The maximum atomic E-state index is 5.74. The second kappa shape index (κ2) is 7.26.